The number of rotatable bonds is 0. The molecule has 0 atom stereocenters. The van der Waals surface area contributed by atoms with E-state index < -0.39 is 0 Å². The lowest BCUT2D eigenvalue weighted by Crippen LogP contribution is -1.85. The third-order valence-corrected chi connectivity index (χ3v) is 4.75. The van der Waals surface area contributed by atoms with Crippen LogP contribution in [0.25, 0.3) is 33.0 Å². The van der Waals surface area contributed by atoms with E-state index in [0.717, 1.165) is 28.2 Å². The summed E-state index contributed by atoms with van der Waals surface area (Å²) < 4.78 is 6.21. The van der Waals surface area contributed by atoms with Gasteiger partial charge in [-0.2, -0.15) is 0 Å². The SMILES string of the molecule is Clc1ccc2c(c1)-c1cc3ccccc3cc1-c1ccccc1O2. The minimum atomic E-state index is 0.711. The van der Waals surface area contributed by atoms with Gasteiger partial charge in [0.25, 0.3) is 0 Å². The summed E-state index contributed by atoms with van der Waals surface area (Å²) in [4.78, 5) is 0. The van der Waals surface area contributed by atoms with Crippen LogP contribution < -0.4 is 4.74 Å². The molecular weight excluding hydrogens is 316 g/mol. The first-order valence-corrected chi connectivity index (χ1v) is 8.27. The molecule has 1 nitrogen and oxygen atoms in total. The molecule has 4 aromatic rings. The summed E-state index contributed by atoms with van der Waals surface area (Å²) in [5, 5.41) is 3.14. The second-order valence-corrected chi connectivity index (χ2v) is 6.42. The van der Waals surface area contributed by atoms with Crippen LogP contribution >= 0.6 is 11.6 Å². The van der Waals surface area contributed by atoms with E-state index in [1.165, 1.54) is 16.3 Å². The molecule has 24 heavy (non-hydrogen) atoms. The van der Waals surface area contributed by atoms with Gasteiger partial charge in [0, 0.05) is 16.1 Å². The molecule has 1 aliphatic rings. The monoisotopic (exact) mass is 328 g/mol. The zero-order chi connectivity index (χ0) is 16.1. The highest BCUT2D eigenvalue weighted by Gasteiger charge is 2.21. The minimum Gasteiger partial charge on any atom is -0.456 e. The van der Waals surface area contributed by atoms with Crippen LogP contribution in [0.1, 0.15) is 0 Å². The molecule has 0 aliphatic carbocycles. The Morgan fingerprint density at radius 3 is 1.96 bits per heavy atom. The Balaban J connectivity index is 1.95. The van der Waals surface area contributed by atoms with Crippen molar-refractivity contribution < 1.29 is 4.74 Å². The van der Waals surface area contributed by atoms with Gasteiger partial charge in [-0.3, -0.25) is 0 Å². The maximum atomic E-state index is 6.27. The van der Waals surface area contributed by atoms with E-state index in [-0.39, 0.29) is 0 Å². The van der Waals surface area contributed by atoms with Gasteiger partial charge in [-0.15, -0.1) is 0 Å². The maximum Gasteiger partial charge on any atom is 0.135 e. The fraction of sp³-hybridized carbons (Fsp3) is 0. The molecule has 1 heterocycles. The highest BCUT2D eigenvalue weighted by Crippen LogP contribution is 2.48. The predicted octanol–water partition coefficient (Wildman–Crippen LogP) is 6.93. The summed E-state index contributed by atoms with van der Waals surface area (Å²) in [5.41, 5.74) is 4.45. The molecule has 0 radical (unpaired) electrons. The molecule has 1 aliphatic heterocycles. The van der Waals surface area contributed by atoms with Crippen LogP contribution in [-0.2, 0) is 0 Å². The van der Waals surface area contributed by atoms with Gasteiger partial charge >= 0.3 is 0 Å². The maximum absolute atomic E-state index is 6.27. The molecule has 0 N–H and O–H groups in total. The van der Waals surface area contributed by atoms with Crippen LogP contribution in [0.2, 0.25) is 5.02 Å². The number of ether oxygens (including phenoxy) is 1. The first-order valence-electron chi connectivity index (χ1n) is 7.89. The van der Waals surface area contributed by atoms with E-state index in [4.69, 9.17) is 16.3 Å². The van der Waals surface area contributed by atoms with Crippen LogP contribution in [0, 0.1) is 0 Å². The van der Waals surface area contributed by atoms with Crippen molar-refractivity contribution in [2.75, 3.05) is 0 Å². The van der Waals surface area contributed by atoms with Gasteiger partial charge in [0.05, 0.1) is 0 Å². The number of hydrogen-bond donors (Lipinski definition) is 0. The van der Waals surface area contributed by atoms with Crippen LogP contribution in [0.5, 0.6) is 11.5 Å². The Bertz CT molecular complexity index is 1100. The van der Waals surface area contributed by atoms with Crippen molar-refractivity contribution in [1.82, 2.24) is 0 Å². The van der Waals surface area contributed by atoms with E-state index in [1.807, 2.05) is 36.4 Å². The molecule has 114 valence electrons. The second-order valence-electron chi connectivity index (χ2n) is 5.98. The molecule has 0 amide bonds. The average molecular weight is 329 g/mol. The lowest BCUT2D eigenvalue weighted by atomic mass is 9.91. The van der Waals surface area contributed by atoms with Gasteiger partial charge in [0.1, 0.15) is 11.5 Å². The minimum absolute atomic E-state index is 0.711. The molecule has 0 saturated heterocycles. The highest BCUT2D eigenvalue weighted by atomic mass is 35.5. The summed E-state index contributed by atoms with van der Waals surface area (Å²) >= 11 is 6.27. The van der Waals surface area contributed by atoms with Crippen LogP contribution in [-0.4, -0.2) is 0 Å². The van der Waals surface area contributed by atoms with Crippen molar-refractivity contribution in [3.8, 4) is 33.8 Å². The summed E-state index contributed by atoms with van der Waals surface area (Å²) in [7, 11) is 0. The third kappa shape index (κ3) is 2.02. The van der Waals surface area contributed by atoms with E-state index in [2.05, 4.69) is 42.5 Å². The molecule has 0 aromatic heterocycles. The van der Waals surface area contributed by atoms with Gasteiger partial charge in [0.2, 0.25) is 0 Å². The Labute approximate surface area is 145 Å². The first-order chi connectivity index (χ1) is 11.8. The Kier molecular flexibility index (Phi) is 2.91. The van der Waals surface area contributed by atoms with Gasteiger partial charge in [0.15, 0.2) is 0 Å². The third-order valence-electron chi connectivity index (χ3n) is 4.51. The van der Waals surface area contributed by atoms with Crippen LogP contribution in [0.3, 0.4) is 0 Å². The lowest BCUT2D eigenvalue weighted by Gasteiger charge is -2.11. The molecule has 4 aromatic carbocycles. The van der Waals surface area contributed by atoms with Gasteiger partial charge in [-0.25, -0.2) is 0 Å². The van der Waals surface area contributed by atoms with Crippen LogP contribution in [0.4, 0.5) is 0 Å². The van der Waals surface area contributed by atoms with E-state index in [9.17, 15) is 0 Å². The highest BCUT2D eigenvalue weighted by molar-refractivity contribution is 6.31. The van der Waals surface area contributed by atoms with Gasteiger partial charge < -0.3 is 4.74 Å². The average Bonchev–Trinajstić information content (AvgIpc) is 2.75. The fourth-order valence-corrected chi connectivity index (χ4v) is 3.56. The normalized spacial score (nSPS) is 11.9. The van der Waals surface area contributed by atoms with Crippen molar-refractivity contribution in [3.05, 3.63) is 83.9 Å². The zero-order valence-corrected chi connectivity index (χ0v) is 13.5. The van der Waals surface area contributed by atoms with Gasteiger partial charge in [-0.05, 0) is 58.3 Å². The smallest absolute Gasteiger partial charge is 0.135 e. The molecule has 0 unspecified atom stereocenters. The number of benzene rings is 4. The summed E-state index contributed by atoms with van der Waals surface area (Å²) in [5.74, 6) is 1.70. The quantitative estimate of drug-likeness (QED) is 0.299. The Morgan fingerprint density at radius 1 is 0.542 bits per heavy atom. The molecule has 0 bridgehead atoms. The van der Waals surface area contributed by atoms with Crippen molar-refractivity contribution >= 4 is 22.4 Å². The molecule has 2 heteroatoms. The molecule has 0 saturated carbocycles. The number of hydrogen-bond acceptors (Lipinski definition) is 1. The topological polar surface area (TPSA) is 9.23 Å². The fourth-order valence-electron chi connectivity index (χ4n) is 3.38. The zero-order valence-electron chi connectivity index (χ0n) is 12.8. The van der Waals surface area contributed by atoms with Crippen molar-refractivity contribution in [3.63, 3.8) is 0 Å². The van der Waals surface area contributed by atoms with Gasteiger partial charge in [-0.1, -0.05) is 54.1 Å². The number of para-hydroxylation sites is 1. The molecule has 5 rings (SSSR count). The lowest BCUT2D eigenvalue weighted by molar-refractivity contribution is 0.488. The standard InChI is InChI=1S/C22H13ClO/c23-16-9-10-22-20(13-16)19-12-15-6-2-1-5-14(15)11-18(19)17-7-3-4-8-21(17)24-22/h1-13H. The Hall–Kier alpha value is -2.77. The van der Waals surface area contributed by atoms with E-state index >= 15 is 0 Å². The number of halogens is 1. The molecule has 0 spiro atoms. The second kappa shape index (κ2) is 5.12. The Morgan fingerprint density at radius 2 is 1.17 bits per heavy atom. The summed E-state index contributed by atoms with van der Waals surface area (Å²) in [6.07, 6.45) is 0. The van der Waals surface area contributed by atoms with Crippen molar-refractivity contribution in [2.24, 2.45) is 0 Å². The van der Waals surface area contributed by atoms with Crippen molar-refractivity contribution in [2.45, 2.75) is 0 Å². The molecule has 0 fully saturated rings. The van der Waals surface area contributed by atoms with Crippen molar-refractivity contribution in [1.29, 1.82) is 0 Å². The van der Waals surface area contributed by atoms with Crippen LogP contribution in [0.15, 0.2) is 78.9 Å². The van der Waals surface area contributed by atoms with E-state index in [0.29, 0.717) is 5.02 Å². The summed E-state index contributed by atoms with van der Waals surface area (Å²) in [6, 6.07) is 26.8. The summed E-state index contributed by atoms with van der Waals surface area (Å²) in [6.45, 7) is 0. The predicted molar refractivity (Wildman–Crippen MR) is 99.9 cm³/mol. The largest absolute Gasteiger partial charge is 0.456 e. The van der Waals surface area contributed by atoms with E-state index in [1.54, 1.807) is 0 Å². The first kappa shape index (κ1) is 13.6. The molecular formula is C22H13ClO. The number of fused-ring (bicyclic) bond motifs is 6.